The second-order valence-electron chi connectivity index (χ2n) is 11.2. The molecule has 0 saturated heterocycles. The summed E-state index contributed by atoms with van der Waals surface area (Å²) in [6.07, 6.45) is 4.78. The lowest BCUT2D eigenvalue weighted by molar-refractivity contribution is -0.146. The summed E-state index contributed by atoms with van der Waals surface area (Å²) in [5.74, 6) is 0.996. The van der Waals surface area contributed by atoms with Crippen LogP contribution in [0.25, 0.3) is 0 Å². The van der Waals surface area contributed by atoms with E-state index in [0.717, 1.165) is 37.7 Å². The van der Waals surface area contributed by atoms with Gasteiger partial charge in [-0.2, -0.15) is 4.98 Å². The molecular weight excluding hydrogens is 650 g/mol. The average molecular weight is 684 g/mol. The number of fused-ring (bicyclic) bond motifs is 1. The van der Waals surface area contributed by atoms with Crippen LogP contribution in [0.3, 0.4) is 0 Å². The van der Waals surface area contributed by atoms with E-state index in [4.69, 9.17) is 47.5 Å². The van der Waals surface area contributed by atoms with E-state index < -0.39 is 17.8 Å². The molecule has 0 amide bonds. The molecule has 0 bridgehead atoms. The van der Waals surface area contributed by atoms with Crippen molar-refractivity contribution in [2.45, 2.75) is 68.7 Å². The van der Waals surface area contributed by atoms with Crippen LogP contribution < -0.4 is 14.8 Å². The molecule has 1 aliphatic carbocycles. The number of ether oxygens (including phenoxy) is 3. The molecule has 6 rings (SSSR count). The van der Waals surface area contributed by atoms with E-state index in [1.165, 1.54) is 24.9 Å². The van der Waals surface area contributed by atoms with Crippen LogP contribution in [0.1, 0.15) is 61.8 Å². The van der Waals surface area contributed by atoms with E-state index in [1.54, 1.807) is 28.9 Å². The molecule has 1 N–H and O–H groups in total. The Kier molecular flexibility index (Phi) is 10.1. The lowest BCUT2D eigenvalue weighted by Crippen LogP contribution is -2.32. The quantitative estimate of drug-likeness (QED) is 0.131. The van der Waals surface area contributed by atoms with Crippen molar-refractivity contribution >= 4 is 46.9 Å². The second kappa shape index (κ2) is 14.4. The normalized spacial score (nSPS) is 16.5. The van der Waals surface area contributed by atoms with Crippen molar-refractivity contribution in [3.05, 3.63) is 104 Å². The second-order valence-corrected chi connectivity index (χ2v) is 12.9. The molecule has 3 aromatic carbocycles. The molecule has 4 aromatic rings. The standard InChI is InChI=1S/C34H33Cl2FN4O4S/c1-20-30(32(42)45-23-10-4-3-5-11-23)31(41-33(38-20)39-34(40-41)46-19-22-9-6-7-12-25(22)35)21-15-16-28(29(17-21)43-2)44-18-24-26(36)13-8-14-27(24)37/h6-9,12-17,23,31H,3-5,10-11,18-19H2,1-2H3,(H,38,39,40). The summed E-state index contributed by atoms with van der Waals surface area (Å²) < 4.78 is 33.8. The number of nitrogens with zero attached hydrogens (tertiary/aromatic N) is 3. The van der Waals surface area contributed by atoms with Gasteiger partial charge in [0.15, 0.2) is 11.5 Å². The first-order valence-electron chi connectivity index (χ1n) is 15.1. The Morgan fingerprint density at radius 1 is 1.04 bits per heavy atom. The molecule has 1 aliphatic heterocycles. The number of carbonyl (C=O) groups excluding carboxylic acids is 1. The fourth-order valence-corrected chi connectivity index (χ4v) is 7.05. The Bertz CT molecular complexity index is 1760. The third-order valence-electron chi connectivity index (χ3n) is 8.13. The summed E-state index contributed by atoms with van der Waals surface area (Å²) >= 11 is 14.0. The summed E-state index contributed by atoms with van der Waals surface area (Å²) in [4.78, 5) is 18.6. The minimum absolute atomic E-state index is 0.0915. The number of thioether (sulfide) groups is 1. The number of hydrogen-bond donors (Lipinski definition) is 1. The molecule has 12 heteroatoms. The van der Waals surface area contributed by atoms with Crippen LogP contribution in [0.2, 0.25) is 10.0 Å². The van der Waals surface area contributed by atoms with Crippen molar-refractivity contribution in [2.24, 2.45) is 0 Å². The molecule has 0 spiro atoms. The third-order valence-corrected chi connectivity index (χ3v) is 9.74. The van der Waals surface area contributed by atoms with Crippen LogP contribution in [0.5, 0.6) is 11.5 Å². The lowest BCUT2D eigenvalue weighted by atomic mass is 9.94. The number of halogens is 3. The Balaban J connectivity index is 1.33. The van der Waals surface area contributed by atoms with Crippen molar-refractivity contribution in [1.29, 1.82) is 0 Å². The number of anilines is 1. The molecule has 2 heterocycles. The number of methoxy groups -OCH3 is 1. The van der Waals surface area contributed by atoms with Gasteiger partial charge in [-0.3, -0.25) is 0 Å². The van der Waals surface area contributed by atoms with Crippen molar-refractivity contribution in [3.63, 3.8) is 0 Å². The molecule has 2 aliphatic rings. The molecule has 46 heavy (non-hydrogen) atoms. The SMILES string of the molecule is COc1cc(C2C(C(=O)OC3CCCCC3)=C(C)Nc3nc(SCc4ccccc4Cl)nn32)ccc1OCc1c(F)cccc1Cl. The van der Waals surface area contributed by atoms with Crippen LogP contribution in [0, 0.1) is 5.82 Å². The summed E-state index contributed by atoms with van der Waals surface area (Å²) in [6, 6.07) is 16.8. The molecular formula is C34H33Cl2FN4O4S. The molecule has 1 aromatic heterocycles. The number of hydrogen-bond acceptors (Lipinski definition) is 8. The molecule has 0 radical (unpaired) electrons. The largest absolute Gasteiger partial charge is 0.493 e. The first kappa shape index (κ1) is 32.2. The number of esters is 1. The van der Waals surface area contributed by atoms with Gasteiger partial charge in [0.25, 0.3) is 0 Å². The summed E-state index contributed by atoms with van der Waals surface area (Å²) in [5.41, 5.74) is 2.98. The van der Waals surface area contributed by atoms with Crippen LogP contribution >= 0.6 is 35.0 Å². The van der Waals surface area contributed by atoms with Crippen molar-refractivity contribution in [2.75, 3.05) is 12.4 Å². The fourth-order valence-electron chi connectivity index (χ4n) is 5.71. The van der Waals surface area contributed by atoms with Crippen LogP contribution in [-0.4, -0.2) is 33.9 Å². The van der Waals surface area contributed by atoms with E-state index in [9.17, 15) is 9.18 Å². The van der Waals surface area contributed by atoms with E-state index in [2.05, 4.69) is 5.32 Å². The molecule has 240 valence electrons. The smallest absolute Gasteiger partial charge is 0.338 e. The van der Waals surface area contributed by atoms with E-state index in [0.29, 0.717) is 50.2 Å². The van der Waals surface area contributed by atoms with Crippen LogP contribution in [-0.2, 0) is 21.9 Å². The fraction of sp³-hybridized carbons (Fsp3) is 0.324. The highest BCUT2D eigenvalue weighted by molar-refractivity contribution is 7.98. The number of allylic oxidation sites excluding steroid dienone is 1. The summed E-state index contributed by atoms with van der Waals surface area (Å²) in [7, 11) is 1.52. The average Bonchev–Trinajstić information content (AvgIpc) is 3.46. The maximum absolute atomic E-state index is 14.4. The topological polar surface area (TPSA) is 87.5 Å². The summed E-state index contributed by atoms with van der Waals surface area (Å²) in [5, 5.41) is 9.57. The van der Waals surface area contributed by atoms with Crippen molar-refractivity contribution < 1.29 is 23.4 Å². The zero-order valence-corrected chi connectivity index (χ0v) is 27.7. The lowest BCUT2D eigenvalue weighted by Gasteiger charge is -2.30. The van der Waals surface area contributed by atoms with Crippen LogP contribution in [0.15, 0.2) is 77.1 Å². The maximum atomic E-state index is 14.4. The zero-order valence-electron chi connectivity index (χ0n) is 25.4. The van der Waals surface area contributed by atoms with Crippen LogP contribution in [0.4, 0.5) is 10.3 Å². The van der Waals surface area contributed by atoms with Gasteiger partial charge in [0, 0.05) is 22.0 Å². The molecule has 1 saturated carbocycles. The van der Waals surface area contributed by atoms with E-state index >= 15 is 0 Å². The first-order chi connectivity index (χ1) is 22.3. The third kappa shape index (κ3) is 6.99. The highest BCUT2D eigenvalue weighted by atomic mass is 35.5. The molecule has 1 atom stereocenters. The van der Waals surface area contributed by atoms with Gasteiger partial charge in [0.1, 0.15) is 24.6 Å². The Labute approximate surface area is 281 Å². The van der Waals surface area contributed by atoms with Gasteiger partial charge >= 0.3 is 5.97 Å². The minimum Gasteiger partial charge on any atom is -0.493 e. The number of benzene rings is 3. The van der Waals surface area contributed by atoms with Crippen molar-refractivity contribution in [3.8, 4) is 11.5 Å². The molecule has 1 unspecified atom stereocenters. The maximum Gasteiger partial charge on any atom is 0.338 e. The number of carbonyl (C=O) groups is 1. The van der Waals surface area contributed by atoms with Crippen molar-refractivity contribution in [1.82, 2.24) is 14.8 Å². The Morgan fingerprint density at radius 3 is 2.59 bits per heavy atom. The predicted molar refractivity (Wildman–Crippen MR) is 177 cm³/mol. The predicted octanol–water partition coefficient (Wildman–Crippen LogP) is 8.77. The Hall–Kier alpha value is -3.73. The number of aromatic nitrogens is 3. The molecule has 8 nitrogen and oxygen atoms in total. The Morgan fingerprint density at radius 2 is 1.83 bits per heavy atom. The zero-order chi connectivity index (χ0) is 32.2. The van der Waals surface area contributed by atoms with Gasteiger partial charge in [-0.25, -0.2) is 13.9 Å². The number of nitrogens with one attached hydrogen (secondary N) is 1. The number of rotatable bonds is 10. The van der Waals surface area contributed by atoms with E-state index in [-0.39, 0.29) is 23.3 Å². The van der Waals surface area contributed by atoms with Gasteiger partial charge < -0.3 is 19.5 Å². The summed E-state index contributed by atoms with van der Waals surface area (Å²) in [6.45, 7) is 1.75. The van der Waals surface area contributed by atoms with E-state index in [1.807, 2.05) is 37.3 Å². The van der Waals surface area contributed by atoms with Gasteiger partial charge in [-0.15, -0.1) is 5.10 Å². The van der Waals surface area contributed by atoms with Gasteiger partial charge in [0.2, 0.25) is 11.1 Å². The molecule has 1 fully saturated rings. The van der Waals surface area contributed by atoms with Gasteiger partial charge in [0.05, 0.1) is 17.7 Å². The highest BCUT2D eigenvalue weighted by Gasteiger charge is 2.37. The highest BCUT2D eigenvalue weighted by Crippen LogP contribution is 2.41. The monoisotopic (exact) mass is 682 g/mol. The van der Waals surface area contributed by atoms with Gasteiger partial charge in [-0.05, 0) is 74.1 Å². The minimum atomic E-state index is -0.668. The van der Waals surface area contributed by atoms with Gasteiger partial charge in [-0.1, -0.05) is 71.7 Å². The first-order valence-corrected chi connectivity index (χ1v) is 16.8.